The molecule has 1 N–H and O–H groups in total. The molecule has 7 heteroatoms. The summed E-state index contributed by atoms with van der Waals surface area (Å²) < 4.78 is 15.5. The summed E-state index contributed by atoms with van der Waals surface area (Å²) in [5.74, 6) is -1.01. The van der Waals surface area contributed by atoms with Gasteiger partial charge in [0.25, 0.3) is 5.91 Å². The van der Waals surface area contributed by atoms with Crippen LogP contribution < -0.4 is 5.32 Å². The molecule has 0 aliphatic carbocycles. The quantitative estimate of drug-likeness (QED) is 0.933. The summed E-state index contributed by atoms with van der Waals surface area (Å²) in [6.45, 7) is 0.843. The second-order valence-corrected chi connectivity index (χ2v) is 4.38. The van der Waals surface area contributed by atoms with E-state index in [2.05, 4.69) is 31.6 Å². The van der Waals surface area contributed by atoms with Crippen LogP contribution in [0.15, 0.2) is 35.1 Å². The Hall–Kier alpha value is -1.76. The Bertz CT molecular complexity index is 544. The maximum Gasteiger partial charge on any atom is 0.254 e. The molecule has 2 rings (SSSR count). The molecule has 0 unspecified atom stereocenters. The molecule has 0 bridgehead atoms. The highest BCUT2D eigenvalue weighted by Crippen LogP contribution is 2.18. The van der Waals surface area contributed by atoms with Gasteiger partial charge in [-0.2, -0.15) is 0 Å². The maximum absolute atomic E-state index is 13.6. The third-order valence-corrected chi connectivity index (χ3v) is 2.91. The average molecular weight is 313 g/mol. The number of nitrogens with zero attached hydrogens (tertiary/aromatic N) is 3. The Labute approximate surface area is 111 Å². The molecule has 18 heavy (non-hydrogen) atoms. The number of halogens is 2. The Kier molecular flexibility index (Phi) is 4.03. The zero-order chi connectivity index (χ0) is 13.0. The van der Waals surface area contributed by atoms with Gasteiger partial charge in [-0.15, -0.1) is 5.10 Å². The van der Waals surface area contributed by atoms with Gasteiger partial charge in [0.2, 0.25) is 0 Å². The smallest absolute Gasteiger partial charge is 0.254 e. The first-order valence-corrected chi connectivity index (χ1v) is 6.04. The summed E-state index contributed by atoms with van der Waals surface area (Å²) >= 11 is 3.04. The van der Waals surface area contributed by atoms with E-state index in [1.807, 2.05) is 0 Å². The molecule has 0 fully saturated rings. The number of aromatic nitrogens is 3. The number of hydrogen-bond acceptors (Lipinski definition) is 3. The minimum Gasteiger partial charge on any atom is -0.350 e. The van der Waals surface area contributed by atoms with Gasteiger partial charge in [0.1, 0.15) is 5.82 Å². The van der Waals surface area contributed by atoms with Crippen molar-refractivity contribution in [3.8, 4) is 0 Å². The number of rotatable bonds is 4. The van der Waals surface area contributed by atoms with E-state index >= 15 is 0 Å². The fraction of sp³-hybridized carbons (Fsp3) is 0.182. The Balaban J connectivity index is 1.93. The van der Waals surface area contributed by atoms with Gasteiger partial charge in [-0.1, -0.05) is 11.3 Å². The van der Waals surface area contributed by atoms with Crippen LogP contribution in [0.4, 0.5) is 4.39 Å². The second-order valence-electron chi connectivity index (χ2n) is 3.52. The van der Waals surface area contributed by atoms with Crippen LogP contribution in [-0.2, 0) is 6.54 Å². The number of hydrogen-bond donors (Lipinski definition) is 1. The highest BCUT2D eigenvalue weighted by molar-refractivity contribution is 9.10. The van der Waals surface area contributed by atoms with Crippen LogP contribution >= 0.6 is 15.9 Å². The van der Waals surface area contributed by atoms with E-state index in [4.69, 9.17) is 0 Å². The first-order valence-electron chi connectivity index (χ1n) is 5.25. The van der Waals surface area contributed by atoms with Gasteiger partial charge >= 0.3 is 0 Å². The lowest BCUT2D eigenvalue weighted by molar-refractivity contribution is 0.0947. The molecule has 0 spiro atoms. The summed E-state index contributed by atoms with van der Waals surface area (Å²) in [4.78, 5) is 11.7. The fourth-order valence-corrected chi connectivity index (χ4v) is 1.78. The standard InChI is InChI=1S/C11H10BrFN4O/c12-9-3-1-2-8(10(9)13)11(18)14-4-6-17-7-5-15-16-17/h1-3,5,7H,4,6H2,(H,14,18). The molecule has 0 aliphatic heterocycles. The summed E-state index contributed by atoms with van der Waals surface area (Å²) in [6.07, 6.45) is 3.24. The third-order valence-electron chi connectivity index (χ3n) is 2.29. The lowest BCUT2D eigenvalue weighted by Crippen LogP contribution is -2.28. The van der Waals surface area contributed by atoms with E-state index in [9.17, 15) is 9.18 Å². The molecule has 0 atom stereocenters. The lowest BCUT2D eigenvalue weighted by Gasteiger charge is -2.06. The lowest BCUT2D eigenvalue weighted by atomic mass is 10.2. The second kappa shape index (κ2) is 5.72. The number of carbonyl (C=O) groups is 1. The molecule has 2 aromatic rings. The molecule has 1 amide bonds. The van der Waals surface area contributed by atoms with Crippen LogP contribution in [0, 0.1) is 5.82 Å². The topological polar surface area (TPSA) is 59.8 Å². The number of carbonyl (C=O) groups excluding carboxylic acids is 1. The van der Waals surface area contributed by atoms with Crippen molar-refractivity contribution < 1.29 is 9.18 Å². The van der Waals surface area contributed by atoms with E-state index in [1.165, 1.54) is 6.07 Å². The highest BCUT2D eigenvalue weighted by Gasteiger charge is 2.12. The highest BCUT2D eigenvalue weighted by atomic mass is 79.9. The molecule has 1 heterocycles. The molecule has 1 aromatic carbocycles. The van der Waals surface area contributed by atoms with Crippen molar-refractivity contribution in [3.05, 3.63) is 46.4 Å². The SMILES string of the molecule is O=C(NCCn1ccnn1)c1cccc(Br)c1F. The van der Waals surface area contributed by atoms with Crippen molar-refractivity contribution in [2.45, 2.75) is 6.54 Å². The molecule has 5 nitrogen and oxygen atoms in total. The third kappa shape index (κ3) is 2.92. The summed E-state index contributed by atoms with van der Waals surface area (Å²) in [6, 6.07) is 4.59. The first kappa shape index (κ1) is 12.7. The van der Waals surface area contributed by atoms with Crippen LogP contribution in [0.3, 0.4) is 0 Å². The average Bonchev–Trinajstić information content (AvgIpc) is 2.85. The maximum atomic E-state index is 13.6. The van der Waals surface area contributed by atoms with Crippen LogP contribution in [0.2, 0.25) is 0 Å². The van der Waals surface area contributed by atoms with Gasteiger partial charge in [-0.05, 0) is 28.1 Å². The van der Waals surface area contributed by atoms with Crippen LogP contribution in [0.1, 0.15) is 10.4 Å². The minimum atomic E-state index is -0.559. The number of nitrogens with one attached hydrogen (secondary N) is 1. The molecule has 0 saturated heterocycles. The van der Waals surface area contributed by atoms with E-state index in [-0.39, 0.29) is 10.0 Å². The summed E-state index contributed by atoms with van der Waals surface area (Å²) in [5.41, 5.74) is 0.0166. The Morgan fingerprint density at radius 1 is 1.50 bits per heavy atom. The largest absolute Gasteiger partial charge is 0.350 e. The predicted molar refractivity (Wildman–Crippen MR) is 66.5 cm³/mol. The van der Waals surface area contributed by atoms with Crippen molar-refractivity contribution in [2.24, 2.45) is 0 Å². The van der Waals surface area contributed by atoms with Gasteiger partial charge in [0.15, 0.2) is 0 Å². The molecule has 0 aliphatic rings. The Morgan fingerprint density at radius 2 is 2.33 bits per heavy atom. The zero-order valence-corrected chi connectivity index (χ0v) is 10.9. The fourth-order valence-electron chi connectivity index (χ4n) is 1.41. The Morgan fingerprint density at radius 3 is 3.06 bits per heavy atom. The van der Waals surface area contributed by atoms with Crippen molar-refractivity contribution in [3.63, 3.8) is 0 Å². The molecule has 1 aromatic heterocycles. The van der Waals surface area contributed by atoms with Crippen LogP contribution in [0.25, 0.3) is 0 Å². The zero-order valence-electron chi connectivity index (χ0n) is 9.31. The van der Waals surface area contributed by atoms with Crippen molar-refractivity contribution in [1.29, 1.82) is 0 Å². The van der Waals surface area contributed by atoms with Gasteiger partial charge in [-0.25, -0.2) is 4.39 Å². The minimum absolute atomic E-state index is 0.0166. The monoisotopic (exact) mass is 312 g/mol. The van der Waals surface area contributed by atoms with Crippen molar-refractivity contribution in [2.75, 3.05) is 6.54 Å². The van der Waals surface area contributed by atoms with Gasteiger partial charge < -0.3 is 5.32 Å². The first-order chi connectivity index (χ1) is 8.68. The summed E-state index contributed by atoms with van der Waals surface area (Å²) in [5, 5.41) is 10.0. The molecular formula is C11H10BrFN4O. The van der Waals surface area contributed by atoms with Gasteiger partial charge in [-0.3, -0.25) is 9.48 Å². The van der Waals surface area contributed by atoms with Crippen molar-refractivity contribution >= 4 is 21.8 Å². The van der Waals surface area contributed by atoms with Crippen LogP contribution in [0.5, 0.6) is 0 Å². The van der Waals surface area contributed by atoms with Crippen molar-refractivity contribution in [1.82, 2.24) is 20.3 Å². The van der Waals surface area contributed by atoms with E-state index in [0.29, 0.717) is 13.1 Å². The predicted octanol–water partition coefficient (Wildman–Crippen LogP) is 1.61. The van der Waals surface area contributed by atoms with E-state index < -0.39 is 11.7 Å². The summed E-state index contributed by atoms with van der Waals surface area (Å²) in [7, 11) is 0. The molecular weight excluding hydrogens is 303 g/mol. The van der Waals surface area contributed by atoms with Crippen LogP contribution in [-0.4, -0.2) is 27.4 Å². The van der Waals surface area contributed by atoms with E-state index in [0.717, 1.165) is 0 Å². The number of amides is 1. The molecule has 94 valence electrons. The van der Waals surface area contributed by atoms with Gasteiger partial charge in [0, 0.05) is 12.7 Å². The van der Waals surface area contributed by atoms with Gasteiger partial charge in [0.05, 0.1) is 22.8 Å². The molecule has 0 radical (unpaired) electrons. The number of benzene rings is 1. The molecule has 0 saturated carbocycles. The normalized spacial score (nSPS) is 10.3. The van der Waals surface area contributed by atoms with E-state index in [1.54, 1.807) is 29.2 Å².